The van der Waals surface area contributed by atoms with Crippen molar-refractivity contribution in [1.82, 2.24) is 24.6 Å². The molecule has 0 saturated carbocycles. The lowest BCUT2D eigenvalue weighted by Crippen LogP contribution is -2.39. The van der Waals surface area contributed by atoms with Crippen LogP contribution in [0.25, 0.3) is 0 Å². The summed E-state index contributed by atoms with van der Waals surface area (Å²) < 4.78 is 7.55. The van der Waals surface area contributed by atoms with Gasteiger partial charge in [-0.25, -0.2) is 4.98 Å². The fourth-order valence-electron chi connectivity index (χ4n) is 3.51. The van der Waals surface area contributed by atoms with Crippen LogP contribution in [-0.4, -0.2) is 37.1 Å². The number of carbonyl (C=O) groups excluding carboxylic acids is 1. The number of ether oxygens (including phenoxy) is 1. The van der Waals surface area contributed by atoms with Crippen LogP contribution in [0.3, 0.4) is 0 Å². The summed E-state index contributed by atoms with van der Waals surface area (Å²) in [5.74, 6) is 1.81. The Hall–Kier alpha value is -3.22. The smallest absolute Gasteiger partial charge is 0.257 e. The fourth-order valence-corrected chi connectivity index (χ4v) is 3.51. The van der Waals surface area contributed by atoms with Gasteiger partial charge >= 0.3 is 0 Å². The van der Waals surface area contributed by atoms with E-state index in [1.165, 1.54) is 0 Å². The van der Waals surface area contributed by atoms with Crippen molar-refractivity contribution >= 4 is 5.91 Å². The van der Waals surface area contributed by atoms with Gasteiger partial charge in [-0.2, -0.15) is 10.1 Å². The molecule has 3 heterocycles. The van der Waals surface area contributed by atoms with Crippen LogP contribution in [0, 0.1) is 6.92 Å². The van der Waals surface area contributed by atoms with Crippen molar-refractivity contribution in [1.29, 1.82) is 0 Å². The molecule has 0 N–H and O–H groups in total. The SMILES string of the molecule is Cc1cc(Oc2ccccc2)nc([C@@H]2CCCCN2C(=O)c2cnn(C)c2)n1. The molecule has 2 aromatic heterocycles. The first kappa shape index (κ1) is 18.2. The number of rotatable bonds is 4. The molecule has 0 unspecified atom stereocenters. The minimum absolute atomic E-state index is 0.0339. The van der Waals surface area contributed by atoms with Crippen LogP contribution in [0.1, 0.15) is 47.2 Å². The Morgan fingerprint density at radius 2 is 2.00 bits per heavy atom. The minimum atomic E-state index is -0.167. The molecule has 0 radical (unpaired) electrons. The van der Waals surface area contributed by atoms with Gasteiger partial charge in [0.15, 0.2) is 5.82 Å². The highest BCUT2D eigenvalue weighted by atomic mass is 16.5. The predicted molar refractivity (Wildman–Crippen MR) is 104 cm³/mol. The topological polar surface area (TPSA) is 73.1 Å². The molecule has 4 rings (SSSR count). The number of likely N-dealkylation sites (tertiary alicyclic amines) is 1. The molecule has 0 spiro atoms. The Labute approximate surface area is 164 Å². The van der Waals surface area contributed by atoms with Crippen LogP contribution in [-0.2, 0) is 7.05 Å². The van der Waals surface area contributed by atoms with Crippen molar-refractivity contribution in [2.75, 3.05) is 6.54 Å². The second-order valence-electron chi connectivity index (χ2n) is 7.03. The largest absolute Gasteiger partial charge is 0.439 e. The van der Waals surface area contributed by atoms with E-state index in [1.54, 1.807) is 24.1 Å². The Morgan fingerprint density at radius 1 is 1.18 bits per heavy atom. The molecular formula is C21H23N5O2. The molecule has 7 heteroatoms. The highest BCUT2D eigenvalue weighted by molar-refractivity contribution is 5.94. The molecule has 0 bridgehead atoms. The highest BCUT2D eigenvalue weighted by Gasteiger charge is 2.31. The third-order valence-corrected chi connectivity index (χ3v) is 4.83. The van der Waals surface area contributed by atoms with Gasteiger partial charge in [-0.1, -0.05) is 18.2 Å². The summed E-state index contributed by atoms with van der Waals surface area (Å²) in [7, 11) is 1.81. The van der Waals surface area contributed by atoms with Gasteiger partial charge in [0, 0.05) is 31.5 Å². The average Bonchev–Trinajstić information content (AvgIpc) is 3.14. The van der Waals surface area contributed by atoms with E-state index in [0.717, 1.165) is 30.7 Å². The lowest BCUT2D eigenvalue weighted by Gasteiger charge is -2.34. The first-order valence-electron chi connectivity index (χ1n) is 9.48. The summed E-state index contributed by atoms with van der Waals surface area (Å²) in [6.07, 6.45) is 6.19. The van der Waals surface area contributed by atoms with Gasteiger partial charge in [0.25, 0.3) is 5.91 Å². The van der Waals surface area contributed by atoms with Crippen molar-refractivity contribution in [2.24, 2.45) is 7.05 Å². The van der Waals surface area contributed by atoms with E-state index in [9.17, 15) is 4.79 Å². The van der Waals surface area contributed by atoms with Crippen molar-refractivity contribution in [3.8, 4) is 11.6 Å². The predicted octanol–water partition coefficient (Wildman–Crippen LogP) is 3.68. The Morgan fingerprint density at radius 3 is 2.75 bits per heavy atom. The number of amides is 1. The zero-order valence-corrected chi connectivity index (χ0v) is 16.1. The molecule has 1 aliphatic rings. The Kier molecular flexibility index (Phi) is 5.06. The number of para-hydroxylation sites is 1. The summed E-state index contributed by atoms with van der Waals surface area (Å²) in [6.45, 7) is 2.60. The Bertz CT molecular complexity index is 970. The van der Waals surface area contributed by atoms with Gasteiger partial charge in [-0.05, 0) is 38.3 Å². The van der Waals surface area contributed by atoms with E-state index in [0.29, 0.717) is 23.8 Å². The second kappa shape index (κ2) is 7.80. The maximum Gasteiger partial charge on any atom is 0.257 e. The van der Waals surface area contributed by atoms with Crippen molar-refractivity contribution in [3.63, 3.8) is 0 Å². The molecule has 1 atom stereocenters. The summed E-state index contributed by atoms with van der Waals surface area (Å²) in [5, 5.41) is 4.12. The lowest BCUT2D eigenvalue weighted by atomic mass is 10.0. The van der Waals surface area contributed by atoms with Crippen LogP contribution >= 0.6 is 0 Å². The van der Waals surface area contributed by atoms with Crippen LogP contribution in [0.4, 0.5) is 0 Å². The van der Waals surface area contributed by atoms with E-state index in [4.69, 9.17) is 4.74 Å². The Balaban J connectivity index is 1.63. The van der Waals surface area contributed by atoms with Gasteiger partial charge in [0.1, 0.15) is 5.75 Å². The molecule has 1 aliphatic heterocycles. The van der Waals surface area contributed by atoms with Gasteiger partial charge in [-0.3, -0.25) is 9.48 Å². The number of piperidine rings is 1. The minimum Gasteiger partial charge on any atom is -0.439 e. The summed E-state index contributed by atoms with van der Waals surface area (Å²) in [5.41, 5.74) is 1.40. The zero-order valence-electron chi connectivity index (χ0n) is 16.1. The van der Waals surface area contributed by atoms with Gasteiger partial charge in [0.05, 0.1) is 17.8 Å². The molecule has 1 aromatic carbocycles. The first-order chi connectivity index (χ1) is 13.6. The average molecular weight is 377 g/mol. The molecule has 7 nitrogen and oxygen atoms in total. The second-order valence-corrected chi connectivity index (χ2v) is 7.03. The molecule has 28 heavy (non-hydrogen) atoms. The third kappa shape index (κ3) is 3.88. The maximum atomic E-state index is 13.0. The molecule has 0 aliphatic carbocycles. The lowest BCUT2D eigenvalue weighted by molar-refractivity contribution is 0.0598. The molecule has 144 valence electrons. The van der Waals surface area contributed by atoms with Crippen molar-refractivity contribution in [2.45, 2.75) is 32.2 Å². The van der Waals surface area contributed by atoms with E-state index < -0.39 is 0 Å². The normalized spacial score (nSPS) is 16.8. The molecule has 1 amide bonds. The highest BCUT2D eigenvalue weighted by Crippen LogP contribution is 2.32. The summed E-state index contributed by atoms with van der Waals surface area (Å²) in [4.78, 5) is 24.2. The number of hydrogen-bond donors (Lipinski definition) is 0. The standard InChI is InChI=1S/C21H23N5O2/c1-15-12-19(28-17-8-4-3-5-9-17)24-20(23-15)18-10-6-7-11-26(18)21(27)16-13-22-25(2)14-16/h3-5,8-9,12-14,18H,6-7,10-11H2,1-2H3/t18-/m0/s1. The maximum absolute atomic E-state index is 13.0. The molecule has 1 fully saturated rings. The van der Waals surface area contributed by atoms with E-state index in [1.807, 2.05) is 48.2 Å². The van der Waals surface area contributed by atoms with Crippen molar-refractivity contribution in [3.05, 3.63) is 65.9 Å². The third-order valence-electron chi connectivity index (χ3n) is 4.83. The number of aryl methyl sites for hydroxylation is 2. The number of benzene rings is 1. The number of hydrogen-bond acceptors (Lipinski definition) is 5. The molecular weight excluding hydrogens is 354 g/mol. The van der Waals surface area contributed by atoms with Crippen LogP contribution in [0.2, 0.25) is 0 Å². The number of aromatic nitrogens is 4. The van der Waals surface area contributed by atoms with Crippen molar-refractivity contribution < 1.29 is 9.53 Å². The van der Waals surface area contributed by atoms with E-state index in [2.05, 4.69) is 15.1 Å². The first-order valence-corrected chi connectivity index (χ1v) is 9.48. The van der Waals surface area contributed by atoms with E-state index >= 15 is 0 Å². The van der Waals surface area contributed by atoms with Gasteiger partial charge in [-0.15, -0.1) is 0 Å². The quantitative estimate of drug-likeness (QED) is 0.693. The summed E-state index contributed by atoms with van der Waals surface area (Å²) in [6, 6.07) is 11.2. The van der Waals surface area contributed by atoms with Gasteiger partial charge in [0.2, 0.25) is 5.88 Å². The molecule has 3 aromatic rings. The van der Waals surface area contributed by atoms with Crippen LogP contribution < -0.4 is 4.74 Å². The number of nitrogens with zero attached hydrogens (tertiary/aromatic N) is 5. The molecule has 1 saturated heterocycles. The summed E-state index contributed by atoms with van der Waals surface area (Å²) >= 11 is 0. The van der Waals surface area contributed by atoms with E-state index in [-0.39, 0.29) is 11.9 Å². The number of carbonyl (C=O) groups is 1. The van der Waals surface area contributed by atoms with Gasteiger partial charge < -0.3 is 9.64 Å². The fraction of sp³-hybridized carbons (Fsp3) is 0.333. The van der Waals surface area contributed by atoms with Crippen LogP contribution in [0.15, 0.2) is 48.8 Å². The monoisotopic (exact) mass is 377 g/mol. The zero-order chi connectivity index (χ0) is 19.5. The van der Waals surface area contributed by atoms with Crippen LogP contribution in [0.5, 0.6) is 11.6 Å².